The molecule has 1 aliphatic carbocycles. The van der Waals surface area contributed by atoms with Crippen LogP contribution in [0.15, 0.2) is 24.5 Å². The summed E-state index contributed by atoms with van der Waals surface area (Å²) in [5.74, 6) is 0. The quantitative estimate of drug-likeness (QED) is 0.808. The van der Waals surface area contributed by atoms with Gasteiger partial charge in [0.05, 0.1) is 6.10 Å². The molecular formula is C13H20N2O. The molecule has 0 unspecified atom stereocenters. The van der Waals surface area contributed by atoms with Gasteiger partial charge in [-0.1, -0.05) is 18.9 Å². The van der Waals surface area contributed by atoms with Crippen molar-refractivity contribution in [2.24, 2.45) is 0 Å². The molecule has 1 saturated carbocycles. The SMILES string of the molecule is O[C@H]1CCCC[C@@H]1NCCc1cccnc1. The van der Waals surface area contributed by atoms with Gasteiger partial charge in [-0.05, 0) is 37.4 Å². The summed E-state index contributed by atoms with van der Waals surface area (Å²) in [7, 11) is 0. The number of aliphatic hydroxyl groups excluding tert-OH is 1. The minimum atomic E-state index is -0.150. The maximum Gasteiger partial charge on any atom is 0.0693 e. The zero-order chi connectivity index (χ0) is 11.2. The van der Waals surface area contributed by atoms with E-state index in [9.17, 15) is 5.11 Å². The molecule has 0 radical (unpaired) electrons. The van der Waals surface area contributed by atoms with Gasteiger partial charge in [0.1, 0.15) is 0 Å². The maximum absolute atomic E-state index is 9.79. The van der Waals surface area contributed by atoms with E-state index in [1.165, 1.54) is 18.4 Å². The average Bonchev–Trinajstić information content (AvgIpc) is 2.33. The lowest BCUT2D eigenvalue weighted by atomic mass is 9.92. The van der Waals surface area contributed by atoms with Crippen molar-refractivity contribution in [1.29, 1.82) is 0 Å². The van der Waals surface area contributed by atoms with E-state index >= 15 is 0 Å². The van der Waals surface area contributed by atoms with E-state index < -0.39 is 0 Å². The van der Waals surface area contributed by atoms with Crippen molar-refractivity contribution in [3.8, 4) is 0 Å². The predicted molar refractivity (Wildman–Crippen MR) is 64.2 cm³/mol. The largest absolute Gasteiger partial charge is 0.392 e. The third-order valence-corrected chi connectivity index (χ3v) is 3.27. The summed E-state index contributed by atoms with van der Waals surface area (Å²) in [5.41, 5.74) is 1.25. The molecular weight excluding hydrogens is 200 g/mol. The normalized spacial score (nSPS) is 25.6. The average molecular weight is 220 g/mol. The van der Waals surface area contributed by atoms with Crippen LogP contribution in [0, 0.1) is 0 Å². The minimum Gasteiger partial charge on any atom is -0.392 e. The number of nitrogens with zero attached hydrogens (tertiary/aromatic N) is 1. The lowest BCUT2D eigenvalue weighted by Gasteiger charge is -2.28. The Morgan fingerprint density at radius 3 is 3.00 bits per heavy atom. The zero-order valence-corrected chi connectivity index (χ0v) is 9.60. The number of hydrogen-bond donors (Lipinski definition) is 2. The Balaban J connectivity index is 1.71. The van der Waals surface area contributed by atoms with Crippen molar-refractivity contribution in [1.82, 2.24) is 10.3 Å². The van der Waals surface area contributed by atoms with Gasteiger partial charge in [-0.25, -0.2) is 0 Å². The Morgan fingerprint density at radius 2 is 2.25 bits per heavy atom. The second-order valence-corrected chi connectivity index (χ2v) is 4.52. The molecule has 2 N–H and O–H groups in total. The van der Waals surface area contributed by atoms with Gasteiger partial charge in [0.15, 0.2) is 0 Å². The van der Waals surface area contributed by atoms with Crippen molar-refractivity contribution < 1.29 is 5.11 Å². The fourth-order valence-corrected chi connectivity index (χ4v) is 2.30. The Kier molecular flexibility index (Phi) is 4.31. The molecule has 0 aliphatic heterocycles. The smallest absolute Gasteiger partial charge is 0.0693 e. The number of rotatable bonds is 4. The Morgan fingerprint density at radius 1 is 1.38 bits per heavy atom. The lowest BCUT2D eigenvalue weighted by Crippen LogP contribution is -2.42. The molecule has 0 saturated heterocycles. The van der Waals surface area contributed by atoms with Crippen molar-refractivity contribution in [3.05, 3.63) is 30.1 Å². The van der Waals surface area contributed by atoms with E-state index in [2.05, 4.69) is 16.4 Å². The lowest BCUT2D eigenvalue weighted by molar-refractivity contribution is 0.0914. The van der Waals surface area contributed by atoms with Crippen LogP contribution in [0.25, 0.3) is 0 Å². The molecule has 3 nitrogen and oxygen atoms in total. The van der Waals surface area contributed by atoms with E-state index in [1.54, 1.807) is 6.20 Å². The molecule has 2 rings (SSSR count). The van der Waals surface area contributed by atoms with Crippen molar-refractivity contribution >= 4 is 0 Å². The van der Waals surface area contributed by atoms with E-state index in [0.29, 0.717) is 6.04 Å². The van der Waals surface area contributed by atoms with E-state index in [-0.39, 0.29) is 6.10 Å². The van der Waals surface area contributed by atoms with Crippen LogP contribution in [0.2, 0.25) is 0 Å². The van der Waals surface area contributed by atoms with Gasteiger partial charge in [0, 0.05) is 18.4 Å². The Bertz CT molecular complexity index is 302. The molecule has 0 bridgehead atoms. The highest BCUT2D eigenvalue weighted by Gasteiger charge is 2.21. The first-order valence-corrected chi connectivity index (χ1v) is 6.16. The van der Waals surface area contributed by atoms with Crippen LogP contribution in [0.3, 0.4) is 0 Å². The zero-order valence-electron chi connectivity index (χ0n) is 9.60. The molecule has 0 spiro atoms. The highest BCUT2D eigenvalue weighted by atomic mass is 16.3. The number of pyridine rings is 1. The summed E-state index contributed by atoms with van der Waals surface area (Å²) in [4.78, 5) is 4.09. The summed E-state index contributed by atoms with van der Waals surface area (Å²) in [6.07, 6.45) is 8.99. The van der Waals surface area contributed by atoms with Crippen LogP contribution < -0.4 is 5.32 Å². The van der Waals surface area contributed by atoms with Crippen LogP contribution in [-0.4, -0.2) is 28.8 Å². The van der Waals surface area contributed by atoms with Gasteiger partial charge >= 0.3 is 0 Å². The molecule has 88 valence electrons. The second kappa shape index (κ2) is 5.97. The number of nitrogens with one attached hydrogen (secondary N) is 1. The van der Waals surface area contributed by atoms with Crippen LogP contribution >= 0.6 is 0 Å². The minimum absolute atomic E-state index is 0.150. The molecule has 1 heterocycles. The molecule has 1 aromatic heterocycles. The third kappa shape index (κ3) is 3.29. The Labute approximate surface area is 96.9 Å². The highest BCUT2D eigenvalue weighted by molar-refractivity contribution is 5.08. The molecule has 1 aromatic rings. The van der Waals surface area contributed by atoms with Crippen LogP contribution in [0.5, 0.6) is 0 Å². The first-order chi connectivity index (χ1) is 7.86. The summed E-state index contributed by atoms with van der Waals surface area (Å²) >= 11 is 0. The summed E-state index contributed by atoms with van der Waals surface area (Å²) in [6.45, 7) is 0.924. The molecule has 1 aliphatic rings. The first-order valence-electron chi connectivity index (χ1n) is 6.16. The number of aliphatic hydroxyl groups is 1. The summed E-state index contributed by atoms with van der Waals surface area (Å²) in [5, 5.41) is 13.2. The maximum atomic E-state index is 9.79. The van der Waals surface area contributed by atoms with E-state index in [0.717, 1.165) is 25.8 Å². The summed E-state index contributed by atoms with van der Waals surface area (Å²) < 4.78 is 0. The van der Waals surface area contributed by atoms with Crippen molar-refractivity contribution in [2.75, 3.05) is 6.54 Å². The highest BCUT2D eigenvalue weighted by Crippen LogP contribution is 2.18. The Hall–Kier alpha value is -0.930. The monoisotopic (exact) mass is 220 g/mol. The van der Waals surface area contributed by atoms with E-state index in [1.807, 2.05) is 12.3 Å². The topological polar surface area (TPSA) is 45.1 Å². The fourth-order valence-electron chi connectivity index (χ4n) is 2.30. The first kappa shape index (κ1) is 11.6. The fraction of sp³-hybridized carbons (Fsp3) is 0.615. The van der Waals surface area contributed by atoms with Crippen molar-refractivity contribution in [2.45, 2.75) is 44.2 Å². The molecule has 1 fully saturated rings. The molecule has 3 heteroatoms. The molecule has 16 heavy (non-hydrogen) atoms. The number of aromatic nitrogens is 1. The van der Waals surface area contributed by atoms with Gasteiger partial charge < -0.3 is 10.4 Å². The molecule has 0 amide bonds. The number of hydrogen-bond acceptors (Lipinski definition) is 3. The third-order valence-electron chi connectivity index (χ3n) is 3.27. The van der Waals surface area contributed by atoms with Gasteiger partial charge in [-0.3, -0.25) is 4.98 Å². The van der Waals surface area contributed by atoms with E-state index in [4.69, 9.17) is 0 Å². The standard InChI is InChI=1S/C13H20N2O/c16-13-6-2-1-5-12(13)15-9-7-11-4-3-8-14-10-11/h3-4,8,10,12-13,15-16H,1-2,5-7,9H2/t12-,13-/m0/s1. The summed E-state index contributed by atoms with van der Waals surface area (Å²) in [6, 6.07) is 4.35. The van der Waals surface area contributed by atoms with Crippen molar-refractivity contribution in [3.63, 3.8) is 0 Å². The van der Waals surface area contributed by atoms with Crippen LogP contribution in [0.1, 0.15) is 31.2 Å². The molecule has 0 aromatic carbocycles. The van der Waals surface area contributed by atoms with Gasteiger partial charge in [-0.15, -0.1) is 0 Å². The van der Waals surface area contributed by atoms with Crippen LogP contribution in [-0.2, 0) is 6.42 Å². The van der Waals surface area contributed by atoms with Gasteiger partial charge in [0.25, 0.3) is 0 Å². The van der Waals surface area contributed by atoms with Gasteiger partial charge in [0.2, 0.25) is 0 Å². The predicted octanol–water partition coefficient (Wildman–Crippen LogP) is 1.52. The van der Waals surface area contributed by atoms with Crippen LogP contribution in [0.4, 0.5) is 0 Å². The second-order valence-electron chi connectivity index (χ2n) is 4.52. The molecule has 2 atom stereocenters. The van der Waals surface area contributed by atoms with Gasteiger partial charge in [-0.2, -0.15) is 0 Å².